The number of H-pyrrole nitrogens is 1. The van der Waals surface area contributed by atoms with Crippen molar-refractivity contribution in [1.82, 2.24) is 15.2 Å². The van der Waals surface area contributed by atoms with E-state index in [2.05, 4.69) is 63.3 Å². The van der Waals surface area contributed by atoms with Gasteiger partial charge in [0.15, 0.2) is 0 Å². The normalized spacial score (nSPS) is 21.1. The largest absolute Gasteiger partial charge is 0.349 e. The van der Waals surface area contributed by atoms with Crippen LogP contribution in [0.4, 0.5) is 0 Å². The van der Waals surface area contributed by atoms with Crippen LogP contribution in [0.1, 0.15) is 11.1 Å². The Morgan fingerprint density at radius 3 is 3.05 bits per heavy atom. The molecule has 1 aromatic carbocycles. The topological polar surface area (TPSA) is 31.1 Å². The van der Waals surface area contributed by atoms with Gasteiger partial charge in [0, 0.05) is 36.6 Å². The summed E-state index contributed by atoms with van der Waals surface area (Å²) >= 11 is 3.68. The van der Waals surface area contributed by atoms with Crippen molar-refractivity contribution in [2.75, 3.05) is 26.7 Å². The summed E-state index contributed by atoms with van der Waals surface area (Å²) in [5.74, 6) is 0. The molecular weight excluding hydrogens is 302 g/mol. The van der Waals surface area contributed by atoms with Gasteiger partial charge in [0.2, 0.25) is 0 Å². The predicted molar refractivity (Wildman–Crippen MR) is 83.7 cm³/mol. The zero-order valence-electron chi connectivity index (χ0n) is 11.5. The quantitative estimate of drug-likeness (QED) is 0.891. The molecule has 102 valence electrons. The summed E-state index contributed by atoms with van der Waals surface area (Å²) in [6, 6.07) is 7.17. The molecule has 2 N–H and O–H groups in total. The fourth-order valence-corrected chi connectivity index (χ4v) is 3.50. The van der Waals surface area contributed by atoms with Crippen LogP contribution in [0.2, 0.25) is 0 Å². The van der Waals surface area contributed by atoms with Crippen LogP contribution in [0, 0.1) is 6.92 Å². The molecule has 2 heterocycles. The number of rotatable bonds is 2. The van der Waals surface area contributed by atoms with Gasteiger partial charge in [0.05, 0.1) is 4.60 Å². The molecule has 3 nitrogen and oxygen atoms in total. The lowest BCUT2D eigenvalue weighted by atomic mass is 10.0. The monoisotopic (exact) mass is 321 g/mol. The van der Waals surface area contributed by atoms with Crippen LogP contribution in [0.25, 0.3) is 10.9 Å². The molecule has 1 aromatic heterocycles. The van der Waals surface area contributed by atoms with Gasteiger partial charge in [-0.25, -0.2) is 0 Å². The van der Waals surface area contributed by atoms with E-state index in [-0.39, 0.29) is 0 Å². The summed E-state index contributed by atoms with van der Waals surface area (Å²) in [5, 5.41) is 4.95. The highest BCUT2D eigenvalue weighted by molar-refractivity contribution is 9.10. The number of hydrogen-bond acceptors (Lipinski definition) is 2. The SMILES string of the molecule is Cc1ccc2c(CC3CN(C)CCN3)c(Br)[nH]c2c1. The van der Waals surface area contributed by atoms with Crippen molar-refractivity contribution >= 4 is 26.8 Å². The van der Waals surface area contributed by atoms with Crippen LogP contribution in [0.3, 0.4) is 0 Å². The van der Waals surface area contributed by atoms with E-state index in [1.165, 1.54) is 22.0 Å². The molecule has 3 rings (SSSR count). The minimum atomic E-state index is 0.537. The molecule has 1 aliphatic rings. The van der Waals surface area contributed by atoms with E-state index in [0.717, 1.165) is 30.7 Å². The number of likely N-dealkylation sites (N-methyl/N-ethyl adjacent to an activating group) is 1. The highest BCUT2D eigenvalue weighted by Gasteiger charge is 2.20. The Balaban J connectivity index is 1.89. The molecule has 1 aliphatic heterocycles. The zero-order valence-corrected chi connectivity index (χ0v) is 13.0. The molecular formula is C15H20BrN3. The highest BCUT2D eigenvalue weighted by Crippen LogP contribution is 2.28. The van der Waals surface area contributed by atoms with Gasteiger partial charge in [0.25, 0.3) is 0 Å². The number of fused-ring (bicyclic) bond motifs is 1. The molecule has 0 saturated carbocycles. The van der Waals surface area contributed by atoms with E-state index in [4.69, 9.17) is 0 Å². The summed E-state index contributed by atoms with van der Waals surface area (Å²) in [6.45, 7) is 5.47. The van der Waals surface area contributed by atoms with Crippen LogP contribution >= 0.6 is 15.9 Å². The van der Waals surface area contributed by atoms with Gasteiger partial charge in [-0.05, 0) is 53.5 Å². The van der Waals surface area contributed by atoms with Crippen LogP contribution < -0.4 is 5.32 Å². The van der Waals surface area contributed by atoms with Crippen LogP contribution in [0.15, 0.2) is 22.8 Å². The van der Waals surface area contributed by atoms with E-state index in [9.17, 15) is 0 Å². The van der Waals surface area contributed by atoms with E-state index in [1.54, 1.807) is 0 Å². The molecule has 0 bridgehead atoms. The van der Waals surface area contributed by atoms with Crippen molar-refractivity contribution < 1.29 is 0 Å². The first-order chi connectivity index (χ1) is 9.13. The fourth-order valence-electron chi connectivity index (χ4n) is 2.91. The van der Waals surface area contributed by atoms with Crippen molar-refractivity contribution in [3.8, 4) is 0 Å². The third-order valence-corrected chi connectivity index (χ3v) is 4.60. The smallest absolute Gasteiger partial charge is 0.0864 e. The Morgan fingerprint density at radius 2 is 2.26 bits per heavy atom. The van der Waals surface area contributed by atoms with Crippen molar-refractivity contribution in [3.05, 3.63) is 33.9 Å². The van der Waals surface area contributed by atoms with Gasteiger partial charge in [-0.15, -0.1) is 0 Å². The van der Waals surface area contributed by atoms with Gasteiger partial charge >= 0.3 is 0 Å². The van der Waals surface area contributed by atoms with Crippen LogP contribution in [0.5, 0.6) is 0 Å². The maximum Gasteiger partial charge on any atom is 0.0864 e. The first-order valence-electron chi connectivity index (χ1n) is 6.82. The van der Waals surface area contributed by atoms with Gasteiger partial charge in [0.1, 0.15) is 0 Å². The van der Waals surface area contributed by atoms with Gasteiger partial charge in [-0.3, -0.25) is 0 Å². The Kier molecular flexibility index (Phi) is 3.65. The molecule has 1 unspecified atom stereocenters. The van der Waals surface area contributed by atoms with E-state index < -0.39 is 0 Å². The Bertz CT molecular complexity index is 590. The first kappa shape index (κ1) is 13.2. The minimum absolute atomic E-state index is 0.537. The lowest BCUT2D eigenvalue weighted by molar-refractivity contribution is 0.238. The van der Waals surface area contributed by atoms with Crippen molar-refractivity contribution in [2.45, 2.75) is 19.4 Å². The summed E-state index contributed by atoms with van der Waals surface area (Å²) in [4.78, 5) is 5.84. The second kappa shape index (κ2) is 5.27. The average molecular weight is 322 g/mol. The number of aryl methyl sites for hydroxylation is 1. The van der Waals surface area contributed by atoms with Gasteiger partial charge in [-0.2, -0.15) is 0 Å². The Morgan fingerprint density at radius 1 is 1.42 bits per heavy atom. The highest BCUT2D eigenvalue weighted by atomic mass is 79.9. The number of hydrogen-bond donors (Lipinski definition) is 2. The summed E-state index contributed by atoms with van der Waals surface area (Å²) < 4.78 is 1.13. The lowest BCUT2D eigenvalue weighted by Gasteiger charge is -2.31. The zero-order chi connectivity index (χ0) is 13.4. The maximum absolute atomic E-state index is 3.68. The van der Waals surface area contributed by atoms with Gasteiger partial charge in [-0.1, -0.05) is 12.1 Å². The molecule has 4 heteroatoms. The summed E-state index contributed by atoms with van der Waals surface area (Å²) in [6.07, 6.45) is 1.06. The third-order valence-electron chi connectivity index (χ3n) is 3.92. The number of benzene rings is 1. The summed E-state index contributed by atoms with van der Waals surface area (Å²) in [7, 11) is 2.20. The average Bonchev–Trinajstić information content (AvgIpc) is 2.65. The van der Waals surface area contributed by atoms with Crippen molar-refractivity contribution in [3.63, 3.8) is 0 Å². The molecule has 0 amide bonds. The van der Waals surface area contributed by atoms with E-state index in [0.29, 0.717) is 6.04 Å². The standard InChI is InChI=1S/C15H20BrN3/c1-10-3-4-12-13(15(16)18-14(12)7-10)8-11-9-19(2)6-5-17-11/h3-4,7,11,17-18H,5-6,8-9H2,1-2H3. The second-order valence-electron chi connectivity index (χ2n) is 5.58. The number of nitrogens with one attached hydrogen (secondary N) is 2. The number of aromatic amines is 1. The second-order valence-corrected chi connectivity index (χ2v) is 6.38. The maximum atomic E-state index is 3.68. The summed E-state index contributed by atoms with van der Waals surface area (Å²) in [5.41, 5.74) is 3.91. The van der Waals surface area contributed by atoms with Crippen molar-refractivity contribution in [1.29, 1.82) is 0 Å². The number of aromatic nitrogens is 1. The molecule has 0 spiro atoms. The first-order valence-corrected chi connectivity index (χ1v) is 7.61. The van der Waals surface area contributed by atoms with Crippen LogP contribution in [-0.4, -0.2) is 42.6 Å². The van der Waals surface area contributed by atoms with Gasteiger partial charge < -0.3 is 15.2 Å². The Hall–Kier alpha value is -0.840. The molecule has 1 saturated heterocycles. The Labute approximate surface area is 122 Å². The predicted octanol–water partition coefficient (Wildman–Crippen LogP) is 2.68. The fraction of sp³-hybridized carbons (Fsp3) is 0.467. The molecule has 1 fully saturated rings. The molecule has 2 aromatic rings. The number of nitrogens with zero attached hydrogens (tertiary/aromatic N) is 1. The van der Waals surface area contributed by atoms with Crippen LogP contribution in [-0.2, 0) is 6.42 Å². The molecule has 0 radical (unpaired) electrons. The lowest BCUT2D eigenvalue weighted by Crippen LogP contribution is -2.49. The third kappa shape index (κ3) is 2.71. The van der Waals surface area contributed by atoms with E-state index in [1.807, 2.05) is 0 Å². The molecule has 19 heavy (non-hydrogen) atoms. The molecule has 1 atom stereocenters. The molecule has 0 aliphatic carbocycles. The van der Waals surface area contributed by atoms with E-state index >= 15 is 0 Å². The van der Waals surface area contributed by atoms with Crippen molar-refractivity contribution in [2.24, 2.45) is 0 Å². The number of piperazine rings is 1. The number of halogens is 1. The minimum Gasteiger partial charge on any atom is -0.349 e.